The molecule has 1 aliphatic rings. The highest BCUT2D eigenvalue weighted by Gasteiger charge is 2.18. The van der Waals surface area contributed by atoms with Crippen LogP contribution < -0.4 is 5.32 Å². The quantitative estimate of drug-likeness (QED) is 0.669. The van der Waals surface area contributed by atoms with Crippen LogP contribution >= 0.6 is 0 Å². The van der Waals surface area contributed by atoms with Crippen LogP contribution in [0, 0.1) is 5.92 Å². The van der Waals surface area contributed by atoms with Crippen molar-refractivity contribution in [1.82, 2.24) is 10.2 Å². The molecule has 0 aromatic carbocycles. The molecule has 94 valence electrons. The molecule has 0 amide bonds. The molecule has 2 nitrogen and oxygen atoms in total. The molecule has 2 atom stereocenters. The lowest BCUT2D eigenvalue weighted by Gasteiger charge is -2.32. The Morgan fingerprint density at radius 3 is 3.06 bits per heavy atom. The first kappa shape index (κ1) is 13.7. The van der Waals surface area contributed by atoms with Gasteiger partial charge in [0, 0.05) is 12.6 Å². The number of rotatable bonds is 7. The van der Waals surface area contributed by atoms with Crippen LogP contribution in [-0.4, -0.2) is 37.1 Å². The lowest BCUT2D eigenvalue weighted by Crippen LogP contribution is -2.41. The average molecular weight is 224 g/mol. The minimum Gasteiger partial charge on any atom is -0.314 e. The zero-order valence-corrected chi connectivity index (χ0v) is 11.0. The molecule has 0 aromatic heterocycles. The maximum atomic E-state index is 3.77. The van der Waals surface area contributed by atoms with E-state index in [1.165, 1.54) is 45.4 Å². The third-order valence-electron chi connectivity index (χ3n) is 3.61. The van der Waals surface area contributed by atoms with Gasteiger partial charge in [-0.3, -0.25) is 0 Å². The molecule has 1 rings (SSSR count). The van der Waals surface area contributed by atoms with Crippen LogP contribution in [0.5, 0.6) is 0 Å². The molecule has 0 bridgehead atoms. The molecule has 2 unspecified atom stereocenters. The van der Waals surface area contributed by atoms with Crippen LogP contribution in [-0.2, 0) is 0 Å². The van der Waals surface area contributed by atoms with Gasteiger partial charge in [-0.25, -0.2) is 0 Å². The summed E-state index contributed by atoms with van der Waals surface area (Å²) in [6, 6.07) is 0.634. The molecule has 0 aromatic rings. The molecule has 1 fully saturated rings. The Labute approximate surface area is 101 Å². The third kappa shape index (κ3) is 5.13. The van der Waals surface area contributed by atoms with Gasteiger partial charge in [-0.15, -0.1) is 6.58 Å². The van der Waals surface area contributed by atoms with E-state index < -0.39 is 0 Å². The maximum absolute atomic E-state index is 3.77. The number of piperidine rings is 1. The Bertz CT molecular complexity index is 191. The molecular weight excluding hydrogens is 196 g/mol. The smallest absolute Gasteiger partial charge is 0.00417 e. The summed E-state index contributed by atoms with van der Waals surface area (Å²) in [6.45, 7) is 13.3. The highest BCUT2D eigenvalue weighted by atomic mass is 15.1. The van der Waals surface area contributed by atoms with Gasteiger partial charge in [-0.1, -0.05) is 13.0 Å². The van der Waals surface area contributed by atoms with Crippen molar-refractivity contribution in [3.8, 4) is 0 Å². The second-order valence-corrected chi connectivity index (χ2v) is 5.08. The molecule has 0 spiro atoms. The van der Waals surface area contributed by atoms with Crippen molar-refractivity contribution in [3.05, 3.63) is 12.7 Å². The first-order chi connectivity index (χ1) is 7.76. The Balaban J connectivity index is 2.13. The second kappa shape index (κ2) is 7.86. The van der Waals surface area contributed by atoms with E-state index in [2.05, 4.69) is 30.6 Å². The van der Waals surface area contributed by atoms with Gasteiger partial charge in [-0.2, -0.15) is 0 Å². The summed E-state index contributed by atoms with van der Waals surface area (Å²) in [4.78, 5) is 2.57. The number of nitrogens with zero attached hydrogens (tertiary/aromatic N) is 1. The molecule has 16 heavy (non-hydrogen) atoms. The monoisotopic (exact) mass is 224 g/mol. The summed E-state index contributed by atoms with van der Waals surface area (Å²) in [6.07, 6.45) is 7.13. The summed E-state index contributed by atoms with van der Waals surface area (Å²) in [5.74, 6) is 0.861. The molecule has 1 aliphatic heterocycles. The summed E-state index contributed by atoms with van der Waals surface area (Å²) < 4.78 is 0. The third-order valence-corrected chi connectivity index (χ3v) is 3.61. The lowest BCUT2D eigenvalue weighted by molar-refractivity contribution is 0.177. The predicted octanol–water partition coefficient (Wildman–Crippen LogP) is 2.66. The molecule has 2 heteroatoms. The highest BCUT2D eigenvalue weighted by Crippen LogP contribution is 2.15. The summed E-state index contributed by atoms with van der Waals surface area (Å²) in [7, 11) is 0. The van der Waals surface area contributed by atoms with Crippen molar-refractivity contribution in [2.75, 3.05) is 26.2 Å². The van der Waals surface area contributed by atoms with E-state index in [0.717, 1.165) is 12.3 Å². The minimum absolute atomic E-state index is 0.634. The Morgan fingerprint density at radius 2 is 2.38 bits per heavy atom. The van der Waals surface area contributed by atoms with Gasteiger partial charge in [-0.05, 0) is 58.2 Å². The van der Waals surface area contributed by atoms with E-state index >= 15 is 0 Å². The van der Waals surface area contributed by atoms with Gasteiger partial charge in [0.05, 0.1) is 0 Å². The van der Waals surface area contributed by atoms with E-state index in [1.54, 1.807) is 0 Å². The van der Waals surface area contributed by atoms with Gasteiger partial charge < -0.3 is 10.2 Å². The maximum Gasteiger partial charge on any atom is 0.00417 e. The summed E-state index contributed by atoms with van der Waals surface area (Å²) >= 11 is 0. The van der Waals surface area contributed by atoms with Crippen molar-refractivity contribution in [3.63, 3.8) is 0 Å². The molecule has 1 N–H and O–H groups in total. The number of hydrogen-bond donors (Lipinski definition) is 1. The Hall–Kier alpha value is -0.340. The van der Waals surface area contributed by atoms with E-state index in [1.807, 2.05) is 6.08 Å². The van der Waals surface area contributed by atoms with Gasteiger partial charge in [0.1, 0.15) is 0 Å². The molecule has 0 radical (unpaired) electrons. The average Bonchev–Trinajstić information content (AvgIpc) is 2.34. The molecule has 0 saturated carbocycles. The van der Waals surface area contributed by atoms with E-state index in [9.17, 15) is 0 Å². The number of nitrogens with one attached hydrogen (secondary N) is 1. The first-order valence-electron chi connectivity index (χ1n) is 6.82. The summed E-state index contributed by atoms with van der Waals surface area (Å²) in [5, 5.41) is 3.66. The Kier molecular flexibility index (Phi) is 6.74. The Morgan fingerprint density at radius 1 is 1.56 bits per heavy atom. The zero-order valence-electron chi connectivity index (χ0n) is 11.0. The molecule has 0 aliphatic carbocycles. The van der Waals surface area contributed by atoms with Gasteiger partial charge >= 0.3 is 0 Å². The first-order valence-corrected chi connectivity index (χ1v) is 6.82. The van der Waals surface area contributed by atoms with Crippen LogP contribution in [0.1, 0.15) is 39.5 Å². The highest BCUT2D eigenvalue weighted by molar-refractivity contribution is 4.76. The topological polar surface area (TPSA) is 15.3 Å². The molecular formula is C14H28N2. The SMILES string of the molecule is C=CCCC(C)NCC1CCCN(CC)C1. The van der Waals surface area contributed by atoms with Crippen LogP contribution in [0.3, 0.4) is 0 Å². The minimum atomic E-state index is 0.634. The van der Waals surface area contributed by atoms with Crippen molar-refractivity contribution in [1.29, 1.82) is 0 Å². The van der Waals surface area contributed by atoms with Crippen LogP contribution in [0.15, 0.2) is 12.7 Å². The lowest BCUT2D eigenvalue weighted by atomic mass is 9.97. The molecule has 1 heterocycles. The van der Waals surface area contributed by atoms with Crippen molar-refractivity contribution < 1.29 is 0 Å². The van der Waals surface area contributed by atoms with Gasteiger partial charge in [0.25, 0.3) is 0 Å². The fourth-order valence-corrected chi connectivity index (χ4v) is 2.44. The number of likely N-dealkylation sites (tertiary alicyclic amines) is 1. The normalized spacial score (nSPS) is 24.2. The van der Waals surface area contributed by atoms with Gasteiger partial charge in [0.2, 0.25) is 0 Å². The standard InChI is InChI=1S/C14H28N2/c1-4-6-8-13(3)15-11-14-9-7-10-16(5-2)12-14/h4,13-15H,1,5-12H2,2-3H3. The van der Waals surface area contributed by atoms with E-state index in [0.29, 0.717) is 6.04 Å². The zero-order chi connectivity index (χ0) is 11.8. The fourth-order valence-electron chi connectivity index (χ4n) is 2.44. The van der Waals surface area contributed by atoms with Crippen molar-refractivity contribution >= 4 is 0 Å². The van der Waals surface area contributed by atoms with Crippen LogP contribution in [0.25, 0.3) is 0 Å². The van der Waals surface area contributed by atoms with Crippen LogP contribution in [0.4, 0.5) is 0 Å². The van der Waals surface area contributed by atoms with Crippen molar-refractivity contribution in [2.45, 2.75) is 45.6 Å². The molecule has 1 saturated heterocycles. The van der Waals surface area contributed by atoms with Crippen LogP contribution in [0.2, 0.25) is 0 Å². The largest absolute Gasteiger partial charge is 0.314 e. The van der Waals surface area contributed by atoms with Crippen molar-refractivity contribution in [2.24, 2.45) is 5.92 Å². The van der Waals surface area contributed by atoms with E-state index in [4.69, 9.17) is 0 Å². The summed E-state index contributed by atoms with van der Waals surface area (Å²) in [5.41, 5.74) is 0. The van der Waals surface area contributed by atoms with Gasteiger partial charge in [0.15, 0.2) is 0 Å². The number of allylic oxidation sites excluding steroid dienone is 1. The second-order valence-electron chi connectivity index (χ2n) is 5.08. The van der Waals surface area contributed by atoms with E-state index in [-0.39, 0.29) is 0 Å². The number of hydrogen-bond acceptors (Lipinski definition) is 2. The predicted molar refractivity (Wildman–Crippen MR) is 71.7 cm³/mol. The fraction of sp³-hybridized carbons (Fsp3) is 0.857.